The van der Waals surface area contributed by atoms with E-state index in [1.54, 1.807) is 6.20 Å². The number of fused-ring (bicyclic) bond motifs is 1. The molecule has 0 radical (unpaired) electrons. The second-order valence-corrected chi connectivity index (χ2v) is 5.04. The van der Waals surface area contributed by atoms with Crippen molar-refractivity contribution in [1.82, 2.24) is 10.3 Å². The van der Waals surface area contributed by atoms with Crippen molar-refractivity contribution in [3.63, 3.8) is 0 Å². The standard InChI is InChI=1S/C16H20N2O2/c1-2-14-10-18-16(20-14)11-17-7-5-12-3-4-15-13(9-12)6-8-19-15/h3-4,9-10,17H,2,5-8,11H2,1H3. The van der Waals surface area contributed by atoms with Crippen molar-refractivity contribution in [2.24, 2.45) is 0 Å². The minimum Gasteiger partial charge on any atom is -0.493 e. The van der Waals surface area contributed by atoms with Crippen LogP contribution in [0.25, 0.3) is 0 Å². The predicted octanol–water partition coefficient (Wildman–Crippen LogP) is 2.50. The van der Waals surface area contributed by atoms with Gasteiger partial charge in [-0.3, -0.25) is 0 Å². The van der Waals surface area contributed by atoms with E-state index in [1.807, 2.05) is 0 Å². The maximum absolute atomic E-state index is 5.56. The van der Waals surface area contributed by atoms with Crippen LogP contribution in [-0.2, 0) is 25.8 Å². The number of ether oxygens (including phenoxy) is 1. The molecule has 0 bridgehead atoms. The Hall–Kier alpha value is -1.81. The molecule has 0 atom stereocenters. The van der Waals surface area contributed by atoms with Crippen LogP contribution in [0.4, 0.5) is 0 Å². The van der Waals surface area contributed by atoms with Crippen LogP contribution in [0.1, 0.15) is 29.7 Å². The van der Waals surface area contributed by atoms with E-state index in [9.17, 15) is 0 Å². The molecule has 106 valence electrons. The minimum atomic E-state index is 0.689. The lowest BCUT2D eigenvalue weighted by molar-refractivity contribution is 0.357. The average molecular weight is 272 g/mol. The molecule has 2 heterocycles. The normalized spacial score (nSPS) is 13.2. The summed E-state index contributed by atoms with van der Waals surface area (Å²) < 4.78 is 11.1. The monoisotopic (exact) mass is 272 g/mol. The van der Waals surface area contributed by atoms with E-state index in [-0.39, 0.29) is 0 Å². The average Bonchev–Trinajstić information content (AvgIpc) is 3.11. The van der Waals surface area contributed by atoms with Gasteiger partial charge in [0.05, 0.1) is 19.3 Å². The van der Waals surface area contributed by atoms with Crippen LogP contribution in [0, 0.1) is 0 Å². The van der Waals surface area contributed by atoms with Crippen LogP contribution in [0.2, 0.25) is 0 Å². The van der Waals surface area contributed by atoms with E-state index in [2.05, 4.69) is 35.4 Å². The Morgan fingerprint density at radius 2 is 2.30 bits per heavy atom. The Kier molecular flexibility index (Phi) is 4.02. The molecule has 1 aliphatic heterocycles. The van der Waals surface area contributed by atoms with Gasteiger partial charge in [0.15, 0.2) is 0 Å². The number of hydrogen-bond donors (Lipinski definition) is 1. The van der Waals surface area contributed by atoms with Crippen LogP contribution in [0.3, 0.4) is 0 Å². The lowest BCUT2D eigenvalue weighted by Gasteiger charge is -2.05. The van der Waals surface area contributed by atoms with Crippen molar-refractivity contribution >= 4 is 0 Å². The first kappa shape index (κ1) is 13.2. The summed E-state index contributed by atoms with van der Waals surface area (Å²) in [7, 11) is 0. The molecule has 0 saturated carbocycles. The van der Waals surface area contributed by atoms with Gasteiger partial charge in [0.2, 0.25) is 5.89 Å². The number of aromatic nitrogens is 1. The van der Waals surface area contributed by atoms with E-state index in [0.29, 0.717) is 6.54 Å². The van der Waals surface area contributed by atoms with Gasteiger partial charge in [0.1, 0.15) is 11.5 Å². The highest BCUT2D eigenvalue weighted by molar-refractivity contribution is 5.39. The molecule has 2 aromatic rings. The highest BCUT2D eigenvalue weighted by Crippen LogP contribution is 2.25. The summed E-state index contributed by atoms with van der Waals surface area (Å²) in [5.41, 5.74) is 2.69. The van der Waals surface area contributed by atoms with E-state index in [0.717, 1.165) is 49.8 Å². The zero-order valence-electron chi connectivity index (χ0n) is 11.8. The Morgan fingerprint density at radius 3 is 3.15 bits per heavy atom. The molecule has 4 heteroatoms. The van der Waals surface area contributed by atoms with Gasteiger partial charge in [0.25, 0.3) is 0 Å². The first-order valence-corrected chi connectivity index (χ1v) is 7.24. The molecular formula is C16H20N2O2. The summed E-state index contributed by atoms with van der Waals surface area (Å²) in [6.45, 7) is 4.49. The van der Waals surface area contributed by atoms with Gasteiger partial charge in [-0.15, -0.1) is 0 Å². The molecule has 1 aromatic heterocycles. The van der Waals surface area contributed by atoms with Crippen LogP contribution in [-0.4, -0.2) is 18.1 Å². The van der Waals surface area contributed by atoms with Gasteiger partial charge in [0, 0.05) is 12.8 Å². The van der Waals surface area contributed by atoms with Gasteiger partial charge in [-0.2, -0.15) is 0 Å². The summed E-state index contributed by atoms with van der Waals surface area (Å²) in [6.07, 6.45) is 4.74. The van der Waals surface area contributed by atoms with Crippen molar-refractivity contribution in [3.05, 3.63) is 47.2 Å². The zero-order chi connectivity index (χ0) is 13.8. The smallest absolute Gasteiger partial charge is 0.208 e. The van der Waals surface area contributed by atoms with Crippen molar-refractivity contribution in [2.75, 3.05) is 13.2 Å². The number of hydrogen-bond acceptors (Lipinski definition) is 4. The first-order chi connectivity index (χ1) is 9.85. The number of nitrogens with zero attached hydrogens (tertiary/aromatic N) is 1. The lowest BCUT2D eigenvalue weighted by atomic mass is 10.1. The van der Waals surface area contributed by atoms with Crippen LogP contribution in [0.5, 0.6) is 5.75 Å². The van der Waals surface area contributed by atoms with E-state index >= 15 is 0 Å². The maximum atomic E-state index is 5.56. The van der Waals surface area contributed by atoms with Gasteiger partial charge in [-0.25, -0.2) is 4.98 Å². The molecule has 0 spiro atoms. The summed E-state index contributed by atoms with van der Waals surface area (Å²) in [5.74, 6) is 2.76. The summed E-state index contributed by atoms with van der Waals surface area (Å²) >= 11 is 0. The van der Waals surface area contributed by atoms with Crippen molar-refractivity contribution in [3.8, 4) is 5.75 Å². The fourth-order valence-corrected chi connectivity index (χ4v) is 2.42. The molecule has 1 aromatic carbocycles. The predicted molar refractivity (Wildman–Crippen MR) is 76.9 cm³/mol. The molecule has 1 N–H and O–H groups in total. The fourth-order valence-electron chi connectivity index (χ4n) is 2.42. The van der Waals surface area contributed by atoms with Gasteiger partial charge in [-0.05, 0) is 30.2 Å². The quantitative estimate of drug-likeness (QED) is 0.821. The Bertz CT molecular complexity index is 578. The minimum absolute atomic E-state index is 0.689. The number of benzene rings is 1. The van der Waals surface area contributed by atoms with Crippen LogP contribution < -0.4 is 10.1 Å². The van der Waals surface area contributed by atoms with Crippen molar-refractivity contribution in [1.29, 1.82) is 0 Å². The van der Waals surface area contributed by atoms with Crippen LogP contribution >= 0.6 is 0 Å². The first-order valence-electron chi connectivity index (χ1n) is 7.24. The Labute approximate surface area is 119 Å². The zero-order valence-corrected chi connectivity index (χ0v) is 11.8. The molecule has 0 amide bonds. The Morgan fingerprint density at radius 1 is 1.35 bits per heavy atom. The number of nitrogens with one attached hydrogen (secondary N) is 1. The molecule has 0 unspecified atom stereocenters. The molecule has 0 aliphatic carbocycles. The molecule has 0 saturated heterocycles. The topological polar surface area (TPSA) is 47.3 Å². The second-order valence-electron chi connectivity index (χ2n) is 5.04. The molecule has 1 aliphatic rings. The maximum Gasteiger partial charge on any atom is 0.208 e. The third kappa shape index (κ3) is 3.02. The molecule has 0 fully saturated rings. The molecule has 20 heavy (non-hydrogen) atoms. The van der Waals surface area contributed by atoms with Gasteiger partial charge >= 0.3 is 0 Å². The van der Waals surface area contributed by atoms with Crippen molar-refractivity contribution < 1.29 is 9.15 Å². The number of rotatable bonds is 6. The SMILES string of the molecule is CCc1cnc(CNCCc2ccc3c(c2)CCO3)o1. The lowest BCUT2D eigenvalue weighted by Crippen LogP contribution is -2.16. The Balaban J connectivity index is 1.45. The third-order valence-corrected chi connectivity index (χ3v) is 3.57. The summed E-state index contributed by atoms with van der Waals surface area (Å²) in [4.78, 5) is 4.23. The molecule has 3 rings (SSSR count). The van der Waals surface area contributed by atoms with Crippen LogP contribution in [0.15, 0.2) is 28.8 Å². The fraction of sp³-hybridized carbons (Fsp3) is 0.438. The van der Waals surface area contributed by atoms with Gasteiger partial charge < -0.3 is 14.5 Å². The summed E-state index contributed by atoms with van der Waals surface area (Å²) in [6, 6.07) is 6.48. The van der Waals surface area contributed by atoms with E-state index in [4.69, 9.17) is 9.15 Å². The summed E-state index contributed by atoms with van der Waals surface area (Å²) in [5, 5.41) is 3.37. The van der Waals surface area contributed by atoms with E-state index < -0.39 is 0 Å². The van der Waals surface area contributed by atoms with E-state index in [1.165, 1.54) is 11.1 Å². The van der Waals surface area contributed by atoms with Crippen molar-refractivity contribution in [2.45, 2.75) is 32.7 Å². The van der Waals surface area contributed by atoms with Gasteiger partial charge in [-0.1, -0.05) is 19.1 Å². The number of aryl methyl sites for hydroxylation is 1. The largest absolute Gasteiger partial charge is 0.493 e. The highest BCUT2D eigenvalue weighted by Gasteiger charge is 2.11. The highest BCUT2D eigenvalue weighted by atomic mass is 16.5. The molecular weight excluding hydrogens is 252 g/mol. The second kappa shape index (κ2) is 6.09. The number of oxazole rings is 1. The third-order valence-electron chi connectivity index (χ3n) is 3.57. The molecule has 4 nitrogen and oxygen atoms in total.